The molecule has 3 N–H and O–H groups in total. The van der Waals surface area contributed by atoms with Gasteiger partial charge in [0, 0.05) is 23.6 Å². The molecule has 0 aliphatic heterocycles. The molecule has 0 aliphatic carbocycles. The Balaban J connectivity index is 1.82. The molecule has 2 rings (SSSR count). The zero-order valence-corrected chi connectivity index (χ0v) is 12.4. The fourth-order valence-electron chi connectivity index (χ4n) is 1.77. The Labute approximate surface area is 128 Å². The van der Waals surface area contributed by atoms with Crippen molar-refractivity contribution in [2.75, 3.05) is 17.7 Å². The van der Waals surface area contributed by atoms with Gasteiger partial charge in [-0.2, -0.15) is 0 Å². The van der Waals surface area contributed by atoms with E-state index in [0.29, 0.717) is 16.5 Å². The van der Waals surface area contributed by atoms with Gasteiger partial charge in [-0.25, -0.2) is 0 Å². The highest BCUT2D eigenvalue weighted by Crippen LogP contribution is 2.18. The van der Waals surface area contributed by atoms with Gasteiger partial charge in [0.2, 0.25) is 5.91 Å². The number of pyridine rings is 1. The van der Waals surface area contributed by atoms with Crippen molar-refractivity contribution in [2.24, 2.45) is 0 Å². The third-order valence-corrected chi connectivity index (χ3v) is 3.01. The van der Waals surface area contributed by atoms with Gasteiger partial charge in [-0.05, 0) is 30.7 Å². The van der Waals surface area contributed by atoms with Crippen LogP contribution in [0.3, 0.4) is 0 Å². The molecule has 2 aromatic rings. The summed E-state index contributed by atoms with van der Waals surface area (Å²) in [5.74, 6) is 0.414. The van der Waals surface area contributed by atoms with Gasteiger partial charge in [0.25, 0.3) is 0 Å². The largest absolute Gasteiger partial charge is 0.491 e. The molecule has 1 amide bonds. The molecular weight excluding hydrogens is 290 g/mol. The van der Waals surface area contributed by atoms with E-state index >= 15 is 0 Å². The molecule has 0 spiro atoms. The summed E-state index contributed by atoms with van der Waals surface area (Å²) in [7, 11) is 0. The lowest BCUT2D eigenvalue weighted by Crippen LogP contribution is -2.16. The van der Waals surface area contributed by atoms with Crippen molar-refractivity contribution in [1.29, 1.82) is 0 Å². The molecule has 0 bridgehead atoms. The van der Waals surface area contributed by atoms with E-state index in [2.05, 4.69) is 10.3 Å². The predicted molar refractivity (Wildman–Crippen MR) is 83.6 cm³/mol. The molecule has 1 aromatic carbocycles. The first kappa shape index (κ1) is 15.1. The molecule has 5 nitrogen and oxygen atoms in total. The monoisotopic (exact) mass is 305 g/mol. The lowest BCUT2D eigenvalue weighted by molar-refractivity contribution is -0.116. The highest BCUT2D eigenvalue weighted by Gasteiger charge is 2.06. The maximum Gasteiger partial charge on any atom is 0.227 e. The van der Waals surface area contributed by atoms with E-state index in [9.17, 15) is 4.79 Å². The standard InChI is InChI=1S/C15H16ClN3O2/c1-10-6-12(17)2-3-14(10)19-15(20)4-5-21-13-7-11(16)8-18-9-13/h2-3,6-9H,4-5,17H2,1H3,(H,19,20). The second-order valence-corrected chi connectivity index (χ2v) is 5.00. The topological polar surface area (TPSA) is 77.2 Å². The third-order valence-electron chi connectivity index (χ3n) is 2.80. The molecule has 1 heterocycles. The van der Waals surface area contributed by atoms with E-state index in [1.807, 2.05) is 13.0 Å². The summed E-state index contributed by atoms with van der Waals surface area (Å²) in [5.41, 5.74) is 8.00. The van der Waals surface area contributed by atoms with Crippen molar-refractivity contribution in [2.45, 2.75) is 13.3 Å². The van der Waals surface area contributed by atoms with E-state index in [0.717, 1.165) is 11.3 Å². The number of nitrogens with one attached hydrogen (secondary N) is 1. The summed E-state index contributed by atoms with van der Waals surface area (Å²) in [4.78, 5) is 15.7. The van der Waals surface area contributed by atoms with E-state index < -0.39 is 0 Å². The van der Waals surface area contributed by atoms with Crippen molar-refractivity contribution < 1.29 is 9.53 Å². The van der Waals surface area contributed by atoms with Gasteiger partial charge in [-0.3, -0.25) is 9.78 Å². The highest BCUT2D eigenvalue weighted by molar-refractivity contribution is 6.30. The number of nitrogens with zero attached hydrogens (tertiary/aromatic N) is 1. The van der Waals surface area contributed by atoms with E-state index in [1.54, 1.807) is 24.4 Å². The van der Waals surface area contributed by atoms with Gasteiger partial charge in [0.15, 0.2) is 0 Å². The third kappa shape index (κ3) is 4.65. The Kier molecular flexibility index (Phi) is 5.00. The first-order valence-electron chi connectivity index (χ1n) is 6.44. The minimum atomic E-state index is -0.127. The number of nitrogens with two attached hydrogens (primary N) is 1. The Morgan fingerprint density at radius 1 is 1.38 bits per heavy atom. The molecular formula is C15H16ClN3O2. The summed E-state index contributed by atoms with van der Waals surface area (Å²) in [5, 5.41) is 3.31. The van der Waals surface area contributed by atoms with Crippen LogP contribution in [-0.2, 0) is 4.79 Å². The molecule has 0 saturated heterocycles. The van der Waals surface area contributed by atoms with Gasteiger partial charge in [0.05, 0.1) is 24.2 Å². The zero-order chi connectivity index (χ0) is 15.2. The first-order chi connectivity index (χ1) is 10.0. The van der Waals surface area contributed by atoms with Crippen molar-refractivity contribution >= 4 is 28.9 Å². The molecule has 0 saturated carbocycles. The lowest BCUT2D eigenvalue weighted by atomic mass is 10.2. The van der Waals surface area contributed by atoms with Gasteiger partial charge < -0.3 is 15.8 Å². The second-order valence-electron chi connectivity index (χ2n) is 4.56. The fourth-order valence-corrected chi connectivity index (χ4v) is 1.94. The molecule has 0 fully saturated rings. The zero-order valence-electron chi connectivity index (χ0n) is 11.6. The second kappa shape index (κ2) is 6.95. The summed E-state index contributed by atoms with van der Waals surface area (Å²) in [6.45, 7) is 2.14. The maximum absolute atomic E-state index is 11.8. The number of benzene rings is 1. The molecule has 110 valence electrons. The van der Waals surface area contributed by atoms with E-state index in [-0.39, 0.29) is 18.9 Å². The Bertz CT molecular complexity index is 647. The quantitative estimate of drug-likeness (QED) is 0.832. The van der Waals surface area contributed by atoms with Crippen LogP contribution in [0.4, 0.5) is 11.4 Å². The Hall–Kier alpha value is -2.27. The van der Waals surface area contributed by atoms with Crippen LogP contribution < -0.4 is 15.8 Å². The number of carbonyl (C=O) groups excluding carboxylic acids is 1. The number of carbonyl (C=O) groups is 1. The van der Waals surface area contributed by atoms with Crippen molar-refractivity contribution in [3.63, 3.8) is 0 Å². The van der Waals surface area contributed by atoms with Crippen LogP contribution in [0.2, 0.25) is 5.02 Å². The van der Waals surface area contributed by atoms with Crippen LogP contribution in [0, 0.1) is 6.92 Å². The number of anilines is 2. The van der Waals surface area contributed by atoms with E-state index in [4.69, 9.17) is 22.1 Å². The van der Waals surface area contributed by atoms with Gasteiger partial charge in [-0.15, -0.1) is 0 Å². The average molecular weight is 306 g/mol. The first-order valence-corrected chi connectivity index (χ1v) is 6.82. The smallest absolute Gasteiger partial charge is 0.227 e. The number of hydrogen-bond acceptors (Lipinski definition) is 4. The number of aromatic nitrogens is 1. The normalized spacial score (nSPS) is 10.2. The molecule has 1 aromatic heterocycles. The number of nitrogen functional groups attached to an aromatic ring is 1. The van der Waals surface area contributed by atoms with Gasteiger partial charge >= 0.3 is 0 Å². The number of rotatable bonds is 5. The average Bonchev–Trinajstić information content (AvgIpc) is 2.42. The van der Waals surface area contributed by atoms with Crippen molar-refractivity contribution in [3.8, 4) is 5.75 Å². The summed E-state index contributed by atoms with van der Waals surface area (Å²) in [6, 6.07) is 6.99. The number of ether oxygens (including phenoxy) is 1. The molecule has 0 atom stereocenters. The van der Waals surface area contributed by atoms with Crippen LogP contribution in [0.5, 0.6) is 5.75 Å². The predicted octanol–water partition coefficient (Wildman–Crippen LogP) is 3.03. The Morgan fingerprint density at radius 2 is 2.19 bits per heavy atom. The van der Waals surface area contributed by atoms with Gasteiger partial charge in [-0.1, -0.05) is 11.6 Å². The number of halogens is 1. The SMILES string of the molecule is Cc1cc(N)ccc1NC(=O)CCOc1cncc(Cl)c1. The molecule has 0 aliphatic rings. The van der Waals surface area contributed by atoms with Crippen LogP contribution in [0.15, 0.2) is 36.7 Å². The van der Waals surface area contributed by atoms with Crippen LogP contribution in [0.25, 0.3) is 0 Å². The number of amides is 1. The van der Waals surface area contributed by atoms with Crippen LogP contribution >= 0.6 is 11.6 Å². The van der Waals surface area contributed by atoms with Crippen molar-refractivity contribution in [3.05, 3.63) is 47.2 Å². The highest BCUT2D eigenvalue weighted by atomic mass is 35.5. The van der Waals surface area contributed by atoms with Crippen molar-refractivity contribution in [1.82, 2.24) is 4.98 Å². The van der Waals surface area contributed by atoms with Crippen LogP contribution in [0.1, 0.15) is 12.0 Å². The molecule has 21 heavy (non-hydrogen) atoms. The minimum Gasteiger partial charge on any atom is -0.491 e. The molecule has 0 radical (unpaired) electrons. The summed E-state index contributed by atoms with van der Waals surface area (Å²) < 4.78 is 5.42. The summed E-state index contributed by atoms with van der Waals surface area (Å²) >= 11 is 5.79. The lowest BCUT2D eigenvalue weighted by Gasteiger charge is -2.10. The number of aryl methyl sites for hydroxylation is 1. The molecule has 6 heteroatoms. The fraction of sp³-hybridized carbons (Fsp3) is 0.200. The maximum atomic E-state index is 11.8. The van der Waals surface area contributed by atoms with E-state index in [1.165, 1.54) is 6.20 Å². The molecule has 0 unspecified atom stereocenters. The number of hydrogen-bond donors (Lipinski definition) is 2. The van der Waals surface area contributed by atoms with Crippen LogP contribution in [-0.4, -0.2) is 17.5 Å². The summed E-state index contributed by atoms with van der Waals surface area (Å²) in [6.07, 6.45) is 3.30. The Morgan fingerprint density at radius 3 is 2.90 bits per heavy atom. The minimum absolute atomic E-state index is 0.127. The van der Waals surface area contributed by atoms with Gasteiger partial charge in [0.1, 0.15) is 5.75 Å².